The quantitative estimate of drug-likeness (QED) is 0.825. The molecular formula is C17H20ClNO. The Kier molecular flexibility index (Phi) is 5.45. The third-order valence-electron chi connectivity index (χ3n) is 3.20. The fourth-order valence-corrected chi connectivity index (χ4v) is 2.18. The molecular weight excluding hydrogens is 270 g/mol. The molecule has 0 radical (unpaired) electrons. The van der Waals surface area contributed by atoms with Crippen LogP contribution in [0, 0.1) is 6.92 Å². The van der Waals surface area contributed by atoms with Crippen molar-refractivity contribution in [3.8, 4) is 0 Å². The van der Waals surface area contributed by atoms with E-state index in [0.29, 0.717) is 6.61 Å². The Hall–Kier alpha value is -1.51. The van der Waals surface area contributed by atoms with Crippen LogP contribution < -0.4 is 5.32 Å². The normalized spacial score (nSPS) is 10.6. The average molecular weight is 290 g/mol. The van der Waals surface area contributed by atoms with Gasteiger partial charge in [-0.1, -0.05) is 41.9 Å². The minimum absolute atomic E-state index is 0.633. The van der Waals surface area contributed by atoms with E-state index < -0.39 is 0 Å². The standard InChI is InChI=1S/C17H20ClNO/c1-3-20-12-15-6-4-5-7-17(15)19-11-14-9-8-13(2)16(18)10-14/h4-10,19H,3,11-12H2,1-2H3. The zero-order valence-corrected chi connectivity index (χ0v) is 12.7. The van der Waals surface area contributed by atoms with Crippen molar-refractivity contribution in [2.24, 2.45) is 0 Å². The predicted octanol–water partition coefficient (Wildman–Crippen LogP) is 4.80. The van der Waals surface area contributed by atoms with Gasteiger partial charge in [-0.15, -0.1) is 0 Å². The van der Waals surface area contributed by atoms with Crippen molar-refractivity contribution in [3.63, 3.8) is 0 Å². The molecule has 0 unspecified atom stereocenters. The summed E-state index contributed by atoms with van der Waals surface area (Å²) in [5.41, 5.74) is 4.56. The van der Waals surface area contributed by atoms with Crippen molar-refractivity contribution in [1.29, 1.82) is 0 Å². The van der Waals surface area contributed by atoms with Crippen LogP contribution in [-0.4, -0.2) is 6.61 Å². The summed E-state index contributed by atoms with van der Waals surface area (Å²) in [6.07, 6.45) is 0. The SMILES string of the molecule is CCOCc1ccccc1NCc1ccc(C)c(Cl)c1. The topological polar surface area (TPSA) is 21.3 Å². The third-order valence-corrected chi connectivity index (χ3v) is 3.61. The van der Waals surface area contributed by atoms with Crippen LogP contribution in [0.3, 0.4) is 0 Å². The third kappa shape index (κ3) is 3.99. The van der Waals surface area contributed by atoms with Crippen molar-refractivity contribution in [1.82, 2.24) is 0 Å². The summed E-state index contributed by atoms with van der Waals surface area (Å²) in [6, 6.07) is 14.4. The minimum Gasteiger partial charge on any atom is -0.381 e. The monoisotopic (exact) mass is 289 g/mol. The predicted molar refractivity (Wildman–Crippen MR) is 85.3 cm³/mol. The number of benzene rings is 2. The molecule has 0 bridgehead atoms. The molecule has 3 heteroatoms. The largest absolute Gasteiger partial charge is 0.381 e. The summed E-state index contributed by atoms with van der Waals surface area (Å²) < 4.78 is 5.49. The first-order valence-corrected chi connectivity index (χ1v) is 7.23. The molecule has 0 fully saturated rings. The van der Waals surface area contributed by atoms with Crippen LogP contribution in [0.15, 0.2) is 42.5 Å². The summed E-state index contributed by atoms with van der Waals surface area (Å²) in [5, 5.41) is 4.26. The van der Waals surface area contributed by atoms with Gasteiger partial charge in [0, 0.05) is 29.4 Å². The number of hydrogen-bond donors (Lipinski definition) is 1. The Labute approximate surface area is 125 Å². The lowest BCUT2D eigenvalue weighted by Crippen LogP contribution is -2.03. The molecule has 0 aliphatic heterocycles. The smallest absolute Gasteiger partial charge is 0.0736 e. The lowest BCUT2D eigenvalue weighted by atomic mass is 10.1. The maximum Gasteiger partial charge on any atom is 0.0736 e. The van der Waals surface area contributed by atoms with E-state index in [2.05, 4.69) is 23.5 Å². The summed E-state index contributed by atoms with van der Waals surface area (Å²) in [6.45, 7) is 6.13. The van der Waals surface area contributed by atoms with Gasteiger partial charge in [0.15, 0.2) is 0 Å². The van der Waals surface area contributed by atoms with Crippen LogP contribution >= 0.6 is 11.6 Å². The number of aryl methyl sites for hydroxylation is 1. The van der Waals surface area contributed by atoms with Gasteiger partial charge in [-0.3, -0.25) is 0 Å². The van der Waals surface area contributed by atoms with E-state index in [1.807, 2.05) is 38.1 Å². The van der Waals surface area contributed by atoms with Crippen molar-refractivity contribution in [3.05, 3.63) is 64.2 Å². The van der Waals surface area contributed by atoms with Crippen molar-refractivity contribution < 1.29 is 4.74 Å². The van der Waals surface area contributed by atoms with E-state index in [4.69, 9.17) is 16.3 Å². The first-order chi connectivity index (χ1) is 9.70. The highest BCUT2D eigenvalue weighted by Gasteiger charge is 2.02. The number of ether oxygens (including phenoxy) is 1. The van der Waals surface area contributed by atoms with Gasteiger partial charge >= 0.3 is 0 Å². The average Bonchev–Trinajstić information content (AvgIpc) is 2.47. The molecule has 0 aliphatic carbocycles. The number of rotatable bonds is 6. The number of hydrogen-bond acceptors (Lipinski definition) is 2. The van der Waals surface area contributed by atoms with Gasteiger partial charge < -0.3 is 10.1 Å². The van der Waals surface area contributed by atoms with E-state index in [9.17, 15) is 0 Å². The lowest BCUT2D eigenvalue weighted by molar-refractivity contribution is 0.134. The van der Waals surface area contributed by atoms with Crippen molar-refractivity contribution >= 4 is 17.3 Å². The molecule has 2 nitrogen and oxygen atoms in total. The van der Waals surface area contributed by atoms with Gasteiger partial charge in [0.25, 0.3) is 0 Å². The molecule has 0 amide bonds. The molecule has 0 aromatic heterocycles. The zero-order valence-electron chi connectivity index (χ0n) is 11.9. The number of para-hydroxylation sites is 1. The van der Waals surface area contributed by atoms with Gasteiger partial charge in [-0.2, -0.15) is 0 Å². The summed E-state index contributed by atoms with van der Waals surface area (Å²) in [4.78, 5) is 0. The maximum absolute atomic E-state index is 6.15. The Morgan fingerprint density at radius 2 is 1.95 bits per heavy atom. The highest BCUT2D eigenvalue weighted by Crippen LogP contribution is 2.20. The van der Waals surface area contributed by atoms with E-state index in [0.717, 1.165) is 29.4 Å². The Morgan fingerprint density at radius 1 is 1.15 bits per heavy atom. The second-order valence-corrected chi connectivity index (χ2v) is 5.14. The van der Waals surface area contributed by atoms with Crippen LogP contribution in [0.4, 0.5) is 5.69 Å². The lowest BCUT2D eigenvalue weighted by Gasteiger charge is -2.12. The van der Waals surface area contributed by atoms with Crippen LogP contribution in [0.2, 0.25) is 5.02 Å². The molecule has 0 atom stereocenters. The molecule has 20 heavy (non-hydrogen) atoms. The van der Waals surface area contributed by atoms with Crippen LogP contribution in [-0.2, 0) is 17.9 Å². The Morgan fingerprint density at radius 3 is 2.70 bits per heavy atom. The summed E-state index contributed by atoms with van der Waals surface area (Å²) >= 11 is 6.15. The second kappa shape index (κ2) is 7.32. The highest BCUT2D eigenvalue weighted by molar-refractivity contribution is 6.31. The second-order valence-electron chi connectivity index (χ2n) is 4.73. The number of anilines is 1. The molecule has 2 rings (SSSR count). The number of halogens is 1. The maximum atomic E-state index is 6.15. The van der Waals surface area contributed by atoms with Crippen LogP contribution in [0.5, 0.6) is 0 Å². The van der Waals surface area contributed by atoms with Gasteiger partial charge in [-0.25, -0.2) is 0 Å². The van der Waals surface area contributed by atoms with E-state index in [1.165, 1.54) is 11.1 Å². The van der Waals surface area contributed by atoms with Crippen molar-refractivity contribution in [2.45, 2.75) is 27.0 Å². The first kappa shape index (κ1) is 14.9. The summed E-state index contributed by atoms with van der Waals surface area (Å²) in [7, 11) is 0. The van der Waals surface area contributed by atoms with Gasteiger partial charge in [0.05, 0.1) is 6.61 Å². The molecule has 106 valence electrons. The fraction of sp³-hybridized carbons (Fsp3) is 0.294. The molecule has 0 spiro atoms. The first-order valence-electron chi connectivity index (χ1n) is 6.85. The molecule has 0 heterocycles. The Bertz CT molecular complexity index is 569. The molecule has 0 aliphatic rings. The van der Waals surface area contributed by atoms with E-state index in [1.54, 1.807) is 0 Å². The van der Waals surface area contributed by atoms with Crippen molar-refractivity contribution in [2.75, 3.05) is 11.9 Å². The molecule has 0 saturated carbocycles. The molecule has 2 aromatic rings. The minimum atomic E-state index is 0.633. The zero-order chi connectivity index (χ0) is 14.4. The van der Waals surface area contributed by atoms with Crippen LogP contribution in [0.25, 0.3) is 0 Å². The number of nitrogens with one attached hydrogen (secondary N) is 1. The fourth-order valence-electron chi connectivity index (χ4n) is 1.97. The Balaban J connectivity index is 2.04. The van der Waals surface area contributed by atoms with Gasteiger partial charge in [-0.05, 0) is 37.1 Å². The van der Waals surface area contributed by atoms with Gasteiger partial charge in [0.1, 0.15) is 0 Å². The molecule has 2 aromatic carbocycles. The van der Waals surface area contributed by atoms with E-state index >= 15 is 0 Å². The van der Waals surface area contributed by atoms with E-state index in [-0.39, 0.29) is 0 Å². The highest BCUT2D eigenvalue weighted by atomic mass is 35.5. The molecule has 1 N–H and O–H groups in total. The van der Waals surface area contributed by atoms with Gasteiger partial charge in [0.2, 0.25) is 0 Å². The molecule has 0 saturated heterocycles. The van der Waals surface area contributed by atoms with Crippen LogP contribution in [0.1, 0.15) is 23.6 Å². The summed E-state index contributed by atoms with van der Waals surface area (Å²) in [5.74, 6) is 0.